The number of para-hydroxylation sites is 1. The maximum atomic E-state index is 11.2. The second kappa shape index (κ2) is 11.3. The van der Waals surface area contributed by atoms with Gasteiger partial charge in [0.1, 0.15) is 31.6 Å². The van der Waals surface area contributed by atoms with E-state index in [2.05, 4.69) is 6.58 Å². The van der Waals surface area contributed by atoms with Crippen LogP contribution in [0, 0.1) is 10.1 Å². The second-order valence-corrected chi connectivity index (χ2v) is 7.29. The van der Waals surface area contributed by atoms with Crippen LogP contribution in [0.5, 0.6) is 0 Å². The fourth-order valence-corrected chi connectivity index (χ4v) is 3.57. The van der Waals surface area contributed by atoms with Crippen LogP contribution in [0.1, 0.15) is 17.2 Å². The number of nitro groups is 1. The van der Waals surface area contributed by atoms with Crippen LogP contribution in [0.2, 0.25) is 10.0 Å². The van der Waals surface area contributed by atoms with Gasteiger partial charge in [-0.15, -0.1) is 6.58 Å². The molecule has 0 aliphatic carbocycles. The molecule has 1 unspecified atom stereocenters. The number of aromatic nitrogens is 2. The van der Waals surface area contributed by atoms with Gasteiger partial charge in [0.15, 0.2) is 0 Å². The third-order valence-electron chi connectivity index (χ3n) is 4.39. The van der Waals surface area contributed by atoms with E-state index < -0.39 is 0 Å². The van der Waals surface area contributed by atoms with E-state index >= 15 is 0 Å². The Morgan fingerprint density at radius 2 is 2.03 bits per heavy atom. The highest BCUT2D eigenvalue weighted by Crippen LogP contribution is 2.29. The third-order valence-corrected chi connectivity index (χ3v) is 4.95. The minimum absolute atomic E-state index is 0. The van der Waals surface area contributed by atoms with Crippen LogP contribution in [0.3, 0.4) is 0 Å². The summed E-state index contributed by atoms with van der Waals surface area (Å²) in [6.45, 7) is 4.98. The summed E-state index contributed by atoms with van der Waals surface area (Å²) in [5.74, 6) is 0. The Morgan fingerprint density at radius 1 is 1.27 bits per heavy atom. The molecule has 3 aromatic rings. The molecule has 1 heterocycles. The summed E-state index contributed by atoms with van der Waals surface area (Å²) < 4.78 is 9.75. The number of nitro benzene ring substituents is 1. The fourth-order valence-electron chi connectivity index (χ4n) is 3.04. The van der Waals surface area contributed by atoms with Crippen LogP contribution in [0.15, 0.2) is 73.8 Å². The number of ether oxygens (including phenoxy) is 1. The van der Waals surface area contributed by atoms with Gasteiger partial charge < -0.3 is 21.7 Å². The molecule has 0 aliphatic rings. The minimum atomic E-state index is -0.366. The van der Waals surface area contributed by atoms with E-state index in [1.807, 2.05) is 33.9 Å². The van der Waals surface area contributed by atoms with Crippen molar-refractivity contribution in [3.05, 3.63) is 105 Å². The highest BCUT2D eigenvalue weighted by Gasteiger charge is 2.20. The maximum Gasteiger partial charge on any atom is 0.276 e. The summed E-state index contributed by atoms with van der Waals surface area (Å²) in [6, 6.07) is 12.0. The molecule has 0 spiro atoms. The van der Waals surface area contributed by atoms with Gasteiger partial charge in [0.05, 0.1) is 17.1 Å². The highest BCUT2D eigenvalue weighted by atomic mass is 79.9. The molecule has 0 N–H and O–H groups in total. The molecule has 2 aromatic carbocycles. The van der Waals surface area contributed by atoms with Crippen molar-refractivity contribution in [3.8, 4) is 0 Å². The Bertz CT molecular complexity index is 1030. The minimum Gasteiger partial charge on any atom is -1.00 e. The second-order valence-electron chi connectivity index (χ2n) is 6.45. The number of halogens is 3. The van der Waals surface area contributed by atoms with E-state index in [4.69, 9.17) is 27.9 Å². The average Bonchev–Trinajstić information content (AvgIpc) is 3.12. The number of nitrogens with zero attached hydrogens (tertiary/aromatic N) is 3. The Labute approximate surface area is 195 Å². The highest BCUT2D eigenvalue weighted by molar-refractivity contribution is 6.35. The number of hydrogen-bond acceptors (Lipinski definition) is 3. The monoisotopic (exact) mass is 511 g/mol. The van der Waals surface area contributed by atoms with Crippen molar-refractivity contribution in [2.24, 2.45) is 0 Å². The normalized spacial score (nSPS) is 11.5. The van der Waals surface area contributed by atoms with E-state index in [1.54, 1.807) is 36.4 Å². The third kappa shape index (κ3) is 6.15. The van der Waals surface area contributed by atoms with E-state index in [1.165, 1.54) is 6.07 Å². The van der Waals surface area contributed by atoms with E-state index in [9.17, 15) is 10.1 Å². The van der Waals surface area contributed by atoms with Gasteiger partial charge in [-0.05, 0) is 18.2 Å². The smallest absolute Gasteiger partial charge is 0.276 e. The lowest BCUT2D eigenvalue weighted by molar-refractivity contribution is -0.704. The van der Waals surface area contributed by atoms with Crippen LogP contribution >= 0.6 is 23.2 Å². The molecule has 9 heteroatoms. The maximum absolute atomic E-state index is 11.2. The van der Waals surface area contributed by atoms with Crippen LogP contribution < -0.4 is 21.5 Å². The molecule has 0 bridgehead atoms. The van der Waals surface area contributed by atoms with Gasteiger partial charge in [-0.1, -0.05) is 47.5 Å². The largest absolute Gasteiger partial charge is 1.00 e. The van der Waals surface area contributed by atoms with Crippen LogP contribution in [0.25, 0.3) is 0 Å². The quantitative estimate of drug-likeness (QED) is 0.191. The van der Waals surface area contributed by atoms with Crippen molar-refractivity contribution < 1.29 is 31.2 Å². The Morgan fingerprint density at radius 3 is 2.73 bits per heavy atom. The zero-order chi connectivity index (χ0) is 20.8. The predicted octanol–water partition coefficient (Wildman–Crippen LogP) is 1.99. The first kappa shape index (κ1) is 24.1. The van der Waals surface area contributed by atoms with Crippen LogP contribution in [-0.2, 0) is 17.8 Å². The molecule has 158 valence electrons. The molecule has 1 atom stereocenters. The van der Waals surface area contributed by atoms with Gasteiger partial charge in [-0.3, -0.25) is 10.1 Å². The summed E-state index contributed by atoms with van der Waals surface area (Å²) in [5, 5.41) is 12.3. The van der Waals surface area contributed by atoms with Crippen molar-refractivity contribution in [1.29, 1.82) is 0 Å². The average molecular weight is 513 g/mol. The molecule has 0 saturated carbocycles. The Kier molecular flexibility index (Phi) is 9.05. The van der Waals surface area contributed by atoms with Gasteiger partial charge in [0.25, 0.3) is 5.69 Å². The molecule has 0 amide bonds. The number of benzene rings is 2. The van der Waals surface area contributed by atoms with Crippen molar-refractivity contribution in [2.75, 3.05) is 6.61 Å². The molecular weight excluding hydrogens is 493 g/mol. The predicted molar refractivity (Wildman–Crippen MR) is 112 cm³/mol. The summed E-state index contributed by atoms with van der Waals surface area (Å²) in [4.78, 5) is 10.9. The summed E-state index contributed by atoms with van der Waals surface area (Å²) in [7, 11) is 0. The van der Waals surface area contributed by atoms with Crippen molar-refractivity contribution >= 4 is 28.9 Å². The zero-order valence-electron chi connectivity index (χ0n) is 16.0. The first-order chi connectivity index (χ1) is 14.0. The number of imidazole rings is 1. The molecule has 30 heavy (non-hydrogen) atoms. The first-order valence-corrected chi connectivity index (χ1v) is 9.68. The van der Waals surface area contributed by atoms with Crippen LogP contribution in [0.4, 0.5) is 5.69 Å². The van der Waals surface area contributed by atoms with Crippen molar-refractivity contribution in [3.63, 3.8) is 0 Å². The Hall–Kier alpha value is -2.19. The van der Waals surface area contributed by atoms with Gasteiger partial charge in [-0.25, -0.2) is 9.13 Å². The summed E-state index contributed by atoms with van der Waals surface area (Å²) >= 11 is 12.4. The lowest BCUT2D eigenvalue weighted by atomic mass is 10.1. The van der Waals surface area contributed by atoms with E-state index in [-0.39, 0.29) is 33.7 Å². The van der Waals surface area contributed by atoms with Gasteiger partial charge in [0.2, 0.25) is 6.33 Å². The van der Waals surface area contributed by atoms with Crippen molar-refractivity contribution in [2.45, 2.75) is 19.2 Å². The van der Waals surface area contributed by atoms with Gasteiger partial charge in [0, 0.05) is 21.7 Å². The fraction of sp³-hybridized carbons (Fsp3) is 0.190. The molecule has 3 rings (SSSR count). The lowest BCUT2D eigenvalue weighted by Crippen LogP contribution is -3.00. The molecule has 0 radical (unpaired) electrons. The molecule has 0 aliphatic heterocycles. The van der Waals surface area contributed by atoms with Gasteiger partial charge in [-0.2, -0.15) is 0 Å². The molecule has 6 nitrogen and oxygen atoms in total. The molecule has 0 fully saturated rings. The SMILES string of the molecule is C=CCOC(C[n+]1ccn(Cc2ccccc2[N+](=O)[O-])c1)c1ccc(Cl)cc1Cl.[Br-]. The number of rotatable bonds is 9. The summed E-state index contributed by atoms with van der Waals surface area (Å²) in [5.41, 5.74) is 1.57. The molecule has 1 aromatic heterocycles. The lowest BCUT2D eigenvalue weighted by Gasteiger charge is -2.17. The first-order valence-electron chi connectivity index (χ1n) is 8.92. The van der Waals surface area contributed by atoms with E-state index in [0.717, 1.165) is 5.56 Å². The molecular formula is C21H20BrCl2N3O3. The van der Waals surface area contributed by atoms with Crippen molar-refractivity contribution in [1.82, 2.24) is 4.57 Å². The zero-order valence-corrected chi connectivity index (χ0v) is 19.1. The van der Waals surface area contributed by atoms with Crippen LogP contribution in [-0.4, -0.2) is 16.1 Å². The van der Waals surface area contributed by atoms with Gasteiger partial charge >= 0.3 is 0 Å². The standard InChI is InChI=1S/C21H20Cl2N3O3.BrH/c1-2-11-29-21(18-8-7-17(22)12-19(18)23)14-25-10-9-24(15-25)13-16-5-3-4-6-20(16)26(27)28;/h2-10,12,15,21H,1,11,13-14H2;1H/q+1;/p-1. The van der Waals surface area contributed by atoms with E-state index in [0.29, 0.717) is 35.3 Å². The molecule has 0 saturated heterocycles. The number of hydrogen-bond donors (Lipinski definition) is 0. The Balaban J connectivity index is 0.00000320. The topological polar surface area (TPSA) is 61.2 Å². The summed E-state index contributed by atoms with van der Waals surface area (Å²) in [6.07, 6.45) is 7.02.